The van der Waals surface area contributed by atoms with Crippen molar-refractivity contribution in [3.8, 4) is 0 Å². The second-order valence-electron chi connectivity index (χ2n) is 3.08. The van der Waals surface area contributed by atoms with Gasteiger partial charge in [0.25, 0.3) is 0 Å². The fourth-order valence-electron chi connectivity index (χ4n) is 0. The second kappa shape index (κ2) is 1.69. The van der Waals surface area contributed by atoms with Crippen LogP contribution in [-0.2, 0) is 0 Å². The van der Waals surface area contributed by atoms with Crippen molar-refractivity contribution < 1.29 is 5.11 Å². The Labute approximate surface area is 49.7 Å². The molecule has 0 aromatic heterocycles. The molecular formula is C5H14N2O. The minimum absolute atomic E-state index is 0.451. The molecular weight excluding hydrogens is 104 g/mol. The molecule has 0 aliphatic heterocycles. The van der Waals surface area contributed by atoms with Crippen LogP contribution in [-0.4, -0.2) is 11.0 Å². The molecule has 0 unspecified atom stereocenters. The van der Waals surface area contributed by atoms with Gasteiger partial charge in [-0.3, -0.25) is 11.5 Å². The Morgan fingerprint density at radius 2 is 1.25 bits per heavy atom. The first-order valence-electron chi connectivity index (χ1n) is 2.55. The molecule has 0 heterocycles. The Balaban J connectivity index is 4.02. The summed E-state index contributed by atoms with van der Waals surface area (Å²) in [5, 5.41) is 8.91. The number of hydrogen-bond acceptors (Lipinski definition) is 3. The zero-order valence-corrected chi connectivity index (χ0v) is 5.60. The number of aliphatic hydroxyl groups is 1. The highest BCUT2D eigenvalue weighted by Gasteiger charge is 2.31. The van der Waals surface area contributed by atoms with E-state index >= 15 is 0 Å². The van der Waals surface area contributed by atoms with Gasteiger partial charge in [0.2, 0.25) is 0 Å². The molecule has 3 heteroatoms. The third-order valence-corrected chi connectivity index (χ3v) is 1.20. The maximum absolute atomic E-state index is 8.91. The van der Waals surface area contributed by atoms with Crippen LogP contribution in [0.25, 0.3) is 0 Å². The summed E-state index contributed by atoms with van der Waals surface area (Å²) in [6.45, 7) is 5.31. The minimum Gasteiger partial charge on any atom is -0.363 e. The van der Waals surface area contributed by atoms with Crippen molar-refractivity contribution in [2.24, 2.45) is 16.9 Å². The van der Waals surface area contributed by atoms with Gasteiger partial charge in [-0.15, -0.1) is 0 Å². The van der Waals surface area contributed by atoms with E-state index in [0.29, 0.717) is 0 Å². The lowest BCUT2D eigenvalue weighted by Gasteiger charge is -2.32. The van der Waals surface area contributed by atoms with E-state index in [2.05, 4.69) is 0 Å². The fraction of sp³-hybridized carbons (Fsp3) is 1.00. The van der Waals surface area contributed by atoms with Gasteiger partial charge in [0.1, 0.15) is 0 Å². The van der Waals surface area contributed by atoms with Crippen molar-refractivity contribution in [1.29, 1.82) is 0 Å². The van der Waals surface area contributed by atoms with E-state index in [1.54, 1.807) is 20.8 Å². The summed E-state index contributed by atoms with van der Waals surface area (Å²) in [5.74, 6) is -1.56. The summed E-state index contributed by atoms with van der Waals surface area (Å²) in [7, 11) is 0. The fourth-order valence-corrected chi connectivity index (χ4v) is 0. The largest absolute Gasteiger partial charge is 0.363 e. The molecule has 0 saturated heterocycles. The maximum Gasteiger partial charge on any atom is 0.171 e. The number of rotatable bonds is 0. The summed E-state index contributed by atoms with van der Waals surface area (Å²) in [5.41, 5.74) is 9.84. The van der Waals surface area contributed by atoms with Gasteiger partial charge < -0.3 is 5.11 Å². The van der Waals surface area contributed by atoms with E-state index < -0.39 is 11.3 Å². The van der Waals surface area contributed by atoms with E-state index in [-0.39, 0.29) is 0 Å². The lowest BCUT2D eigenvalue weighted by atomic mass is 9.90. The zero-order valence-electron chi connectivity index (χ0n) is 5.60. The molecule has 0 aliphatic rings. The average molecular weight is 118 g/mol. The topological polar surface area (TPSA) is 72.3 Å². The summed E-state index contributed by atoms with van der Waals surface area (Å²) < 4.78 is 0. The van der Waals surface area contributed by atoms with Crippen LogP contribution >= 0.6 is 0 Å². The van der Waals surface area contributed by atoms with E-state index in [9.17, 15) is 0 Å². The molecule has 0 aliphatic carbocycles. The molecule has 50 valence electrons. The molecule has 8 heavy (non-hydrogen) atoms. The Bertz CT molecular complexity index is 65.4. The molecule has 0 bridgehead atoms. The van der Waals surface area contributed by atoms with Gasteiger partial charge in [0.05, 0.1) is 0 Å². The highest BCUT2D eigenvalue weighted by atomic mass is 16.3. The summed E-state index contributed by atoms with van der Waals surface area (Å²) in [4.78, 5) is 0. The highest BCUT2D eigenvalue weighted by molar-refractivity contribution is 4.77. The second-order valence-corrected chi connectivity index (χ2v) is 3.08. The predicted octanol–water partition coefficient (Wildman–Crippen LogP) is -0.404. The summed E-state index contributed by atoms with van der Waals surface area (Å²) >= 11 is 0. The molecule has 0 spiro atoms. The molecule has 3 nitrogen and oxygen atoms in total. The van der Waals surface area contributed by atoms with Gasteiger partial charge in [-0.25, -0.2) is 0 Å². The first kappa shape index (κ1) is 7.88. The van der Waals surface area contributed by atoms with Crippen LogP contribution in [0.2, 0.25) is 0 Å². The SMILES string of the molecule is CC(C)(C)C(N)(N)O. The molecule has 0 atom stereocenters. The number of hydrogen-bond donors (Lipinski definition) is 3. The van der Waals surface area contributed by atoms with Crippen LogP contribution < -0.4 is 11.5 Å². The molecule has 0 radical (unpaired) electrons. The van der Waals surface area contributed by atoms with E-state index in [0.717, 1.165) is 0 Å². The van der Waals surface area contributed by atoms with E-state index in [1.807, 2.05) is 0 Å². The van der Waals surface area contributed by atoms with Gasteiger partial charge in [-0.2, -0.15) is 0 Å². The van der Waals surface area contributed by atoms with E-state index in [4.69, 9.17) is 16.6 Å². The van der Waals surface area contributed by atoms with Crippen molar-refractivity contribution in [2.45, 2.75) is 26.6 Å². The lowest BCUT2D eigenvalue weighted by molar-refractivity contribution is -0.0469. The van der Waals surface area contributed by atoms with Crippen LogP contribution in [0.15, 0.2) is 0 Å². The molecule has 0 rings (SSSR count). The quantitative estimate of drug-likeness (QED) is 0.379. The standard InChI is InChI=1S/C5H14N2O/c1-4(2,3)5(6,7)8/h8H,6-7H2,1-3H3. The van der Waals surface area contributed by atoms with Crippen molar-refractivity contribution in [2.75, 3.05) is 0 Å². The van der Waals surface area contributed by atoms with Crippen molar-refractivity contribution in [3.63, 3.8) is 0 Å². The monoisotopic (exact) mass is 118 g/mol. The van der Waals surface area contributed by atoms with Crippen LogP contribution in [0.1, 0.15) is 20.8 Å². The van der Waals surface area contributed by atoms with Gasteiger partial charge in [0, 0.05) is 5.41 Å². The molecule has 0 aromatic carbocycles. The summed E-state index contributed by atoms with van der Waals surface area (Å²) in [6.07, 6.45) is 0. The minimum atomic E-state index is -1.56. The van der Waals surface area contributed by atoms with Crippen molar-refractivity contribution >= 4 is 0 Å². The highest BCUT2D eigenvalue weighted by Crippen LogP contribution is 2.20. The van der Waals surface area contributed by atoms with Gasteiger partial charge in [0.15, 0.2) is 5.85 Å². The van der Waals surface area contributed by atoms with E-state index in [1.165, 1.54) is 0 Å². The predicted molar refractivity (Wildman–Crippen MR) is 32.8 cm³/mol. The molecule has 0 fully saturated rings. The summed E-state index contributed by atoms with van der Waals surface area (Å²) in [6, 6.07) is 0. The van der Waals surface area contributed by atoms with Crippen LogP contribution in [0.4, 0.5) is 0 Å². The first-order chi connectivity index (χ1) is 3.25. The molecule has 0 saturated carbocycles. The lowest BCUT2D eigenvalue weighted by Crippen LogP contribution is -2.59. The third-order valence-electron chi connectivity index (χ3n) is 1.20. The number of nitrogens with two attached hydrogens (primary N) is 2. The van der Waals surface area contributed by atoms with Crippen LogP contribution in [0, 0.1) is 5.41 Å². The Morgan fingerprint density at radius 3 is 1.25 bits per heavy atom. The first-order valence-corrected chi connectivity index (χ1v) is 2.55. The molecule has 0 amide bonds. The van der Waals surface area contributed by atoms with Gasteiger partial charge >= 0.3 is 0 Å². The van der Waals surface area contributed by atoms with Crippen molar-refractivity contribution in [1.82, 2.24) is 0 Å². The third kappa shape index (κ3) is 1.78. The Kier molecular flexibility index (Phi) is 1.66. The molecule has 0 aromatic rings. The van der Waals surface area contributed by atoms with Gasteiger partial charge in [-0.1, -0.05) is 20.8 Å². The normalized spacial score (nSPS) is 14.2. The maximum atomic E-state index is 8.91. The van der Waals surface area contributed by atoms with Crippen LogP contribution in [0.5, 0.6) is 0 Å². The zero-order chi connectivity index (χ0) is 7.00. The Hall–Kier alpha value is -0.120. The molecule has 5 N–H and O–H groups in total. The van der Waals surface area contributed by atoms with Crippen molar-refractivity contribution in [3.05, 3.63) is 0 Å². The smallest absolute Gasteiger partial charge is 0.171 e. The van der Waals surface area contributed by atoms with Crippen LogP contribution in [0.3, 0.4) is 0 Å². The van der Waals surface area contributed by atoms with Gasteiger partial charge in [-0.05, 0) is 0 Å². The Morgan fingerprint density at radius 1 is 1.12 bits per heavy atom. The average Bonchev–Trinajstić information content (AvgIpc) is 1.25.